The standard InChI is InChI=1S/C21H19FN6O.C21H21N7O/c22-15-8-13-12(3-5-23)11-25-17(13)9-14(15)21-24-6-4-16(26-21)18-10-19-20(29)2-1-7-28(19)27-18;1-27(2)12-14-11-24-16-4-3-13(9-15(14)16)20-22-6-5-17(25-20)18-10-19-21(29)23-7-8-28(19)26-18/h4,6,8-11,25H,1-3,5,7,23H2;3-6,9-11,24H,7-8,12H2,1-2H3,(H,23,29). The summed E-state index contributed by atoms with van der Waals surface area (Å²) in [4.78, 5) is 50.7. The highest BCUT2D eigenvalue weighted by atomic mass is 19.1. The number of nitrogens with one attached hydrogen (secondary N) is 3. The van der Waals surface area contributed by atoms with E-state index in [0.29, 0.717) is 84.6 Å². The molecule has 292 valence electrons. The molecule has 5 N–H and O–H groups in total. The molecule has 8 aromatic rings. The molecule has 0 unspecified atom stereocenters. The molecule has 0 atom stereocenters. The SMILES string of the molecule is CN(C)Cc1c[nH]c2ccc(-c3nccc(-c4cc5n(n4)CCNC5=O)n3)cc12.NCCc1c[nH]c2cc(-c3nccc(-c4cc5n(n4)CCCC5=O)n3)c(F)cc12. The van der Waals surface area contributed by atoms with Crippen molar-refractivity contribution in [2.45, 2.75) is 38.9 Å². The highest BCUT2D eigenvalue weighted by Crippen LogP contribution is 2.30. The number of nitrogens with two attached hydrogens (primary N) is 1. The number of carbonyl (C=O) groups excluding carboxylic acids is 2. The Morgan fingerprint density at radius 1 is 0.776 bits per heavy atom. The Morgan fingerprint density at radius 2 is 1.47 bits per heavy atom. The number of aromatic nitrogens is 10. The van der Waals surface area contributed by atoms with Crippen molar-refractivity contribution in [3.8, 4) is 45.6 Å². The van der Waals surface area contributed by atoms with Crippen LogP contribution in [0.5, 0.6) is 0 Å². The largest absolute Gasteiger partial charge is 0.361 e. The van der Waals surface area contributed by atoms with Crippen LogP contribution in [0.1, 0.15) is 44.9 Å². The van der Waals surface area contributed by atoms with Crippen molar-refractivity contribution >= 4 is 33.5 Å². The maximum atomic E-state index is 14.9. The van der Waals surface area contributed by atoms with E-state index in [9.17, 15) is 14.0 Å². The van der Waals surface area contributed by atoms with E-state index in [2.05, 4.69) is 71.6 Å². The lowest BCUT2D eigenvalue weighted by Gasteiger charge is -2.13. The number of ketones is 1. The minimum absolute atomic E-state index is 0.0841. The van der Waals surface area contributed by atoms with E-state index in [1.54, 1.807) is 46.0 Å². The first-order valence-corrected chi connectivity index (χ1v) is 19.1. The Balaban J connectivity index is 0.000000150. The fourth-order valence-corrected chi connectivity index (χ4v) is 7.51. The highest BCUT2D eigenvalue weighted by Gasteiger charge is 2.23. The monoisotopic (exact) mass is 777 g/mol. The van der Waals surface area contributed by atoms with Crippen LogP contribution in [0.25, 0.3) is 67.4 Å². The highest BCUT2D eigenvalue weighted by molar-refractivity contribution is 5.96. The first-order valence-electron chi connectivity index (χ1n) is 19.1. The average Bonchev–Trinajstić information content (AvgIpc) is 4.04. The molecular weight excluding hydrogens is 738 g/mol. The number of H-pyrrole nitrogens is 2. The van der Waals surface area contributed by atoms with Crippen LogP contribution in [0.4, 0.5) is 4.39 Å². The van der Waals surface area contributed by atoms with Gasteiger partial charge >= 0.3 is 0 Å². The third-order valence-electron chi connectivity index (χ3n) is 10.3. The van der Waals surface area contributed by atoms with Crippen molar-refractivity contribution in [1.29, 1.82) is 0 Å². The summed E-state index contributed by atoms with van der Waals surface area (Å²) in [7, 11) is 4.11. The lowest BCUT2D eigenvalue weighted by molar-refractivity contribution is 0.0922. The van der Waals surface area contributed by atoms with Gasteiger partial charge in [-0.15, -0.1) is 0 Å². The van der Waals surface area contributed by atoms with Gasteiger partial charge in [-0.2, -0.15) is 10.2 Å². The van der Waals surface area contributed by atoms with Crippen LogP contribution in [0.3, 0.4) is 0 Å². The van der Waals surface area contributed by atoms with Gasteiger partial charge in [-0.3, -0.25) is 19.0 Å². The zero-order valence-corrected chi connectivity index (χ0v) is 32.0. The molecule has 16 heteroatoms. The van der Waals surface area contributed by atoms with Gasteiger partial charge in [0.15, 0.2) is 17.4 Å². The number of halogens is 1. The summed E-state index contributed by atoms with van der Waals surface area (Å²) in [5.41, 5.74) is 14.7. The fraction of sp³-hybridized carbons (Fsp3) is 0.238. The quantitative estimate of drug-likeness (QED) is 0.155. The molecule has 0 radical (unpaired) electrons. The zero-order valence-electron chi connectivity index (χ0n) is 32.0. The van der Waals surface area contributed by atoms with Gasteiger partial charge in [0.1, 0.15) is 28.6 Å². The van der Waals surface area contributed by atoms with E-state index in [4.69, 9.17) is 10.7 Å². The number of carbonyl (C=O) groups is 2. The topological polar surface area (TPSA) is 194 Å². The normalized spacial score (nSPS) is 13.7. The minimum atomic E-state index is -0.396. The van der Waals surface area contributed by atoms with Crippen molar-refractivity contribution < 1.29 is 14.0 Å². The predicted octanol–water partition coefficient (Wildman–Crippen LogP) is 5.40. The summed E-state index contributed by atoms with van der Waals surface area (Å²) in [5.74, 6) is 0.495. The van der Waals surface area contributed by atoms with Crippen molar-refractivity contribution in [1.82, 2.24) is 59.7 Å². The zero-order chi connectivity index (χ0) is 39.9. The van der Waals surface area contributed by atoms with Crippen molar-refractivity contribution in [2.24, 2.45) is 5.73 Å². The van der Waals surface area contributed by atoms with E-state index in [-0.39, 0.29) is 17.5 Å². The second-order valence-corrected chi connectivity index (χ2v) is 14.6. The number of Topliss-reactive ketones (excluding diaryl/α,β-unsaturated/α-hetero) is 1. The molecule has 0 saturated heterocycles. The number of hydrogen-bond acceptors (Lipinski definition) is 10. The Morgan fingerprint density at radius 3 is 2.21 bits per heavy atom. The van der Waals surface area contributed by atoms with Gasteiger partial charge in [0.05, 0.1) is 23.5 Å². The third kappa shape index (κ3) is 7.03. The number of aromatic amines is 2. The minimum Gasteiger partial charge on any atom is -0.361 e. The molecule has 0 spiro atoms. The first kappa shape index (κ1) is 36.7. The van der Waals surface area contributed by atoms with Gasteiger partial charge in [0.25, 0.3) is 5.91 Å². The van der Waals surface area contributed by atoms with E-state index in [1.807, 2.05) is 24.5 Å². The Labute approximate surface area is 331 Å². The second-order valence-electron chi connectivity index (χ2n) is 14.6. The lowest BCUT2D eigenvalue weighted by atomic mass is 10.1. The molecule has 6 aromatic heterocycles. The van der Waals surface area contributed by atoms with E-state index >= 15 is 0 Å². The van der Waals surface area contributed by atoms with Gasteiger partial charge in [-0.25, -0.2) is 24.3 Å². The van der Waals surface area contributed by atoms with Crippen LogP contribution >= 0.6 is 0 Å². The summed E-state index contributed by atoms with van der Waals surface area (Å²) in [6.07, 6.45) is 9.21. The Hall–Kier alpha value is -6.91. The van der Waals surface area contributed by atoms with Gasteiger partial charge in [-0.1, -0.05) is 0 Å². The van der Waals surface area contributed by atoms with Crippen LogP contribution < -0.4 is 11.1 Å². The molecule has 1 amide bonds. The molecule has 0 aliphatic carbocycles. The maximum Gasteiger partial charge on any atom is 0.269 e. The molecule has 8 heterocycles. The molecule has 58 heavy (non-hydrogen) atoms. The number of amides is 1. The smallest absolute Gasteiger partial charge is 0.269 e. The molecule has 2 aliphatic rings. The fourth-order valence-electron chi connectivity index (χ4n) is 7.51. The molecule has 0 saturated carbocycles. The van der Waals surface area contributed by atoms with Gasteiger partial charge in [0, 0.05) is 78.2 Å². The van der Waals surface area contributed by atoms with E-state index < -0.39 is 5.82 Å². The third-order valence-corrected chi connectivity index (χ3v) is 10.3. The van der Waals surface area contributed by atoms with Crippen molar-refractivity contribution in [2.75, 3.05) is 27.2 Å². The molecule has 2 aliphatic heterocycles. The summed E-state index contributed by atoms with van der Waals surface area (Å²) in [6.45, 7) is 3.32. The van der Waals surface area contributed by atoms with Crippen molar-refractivity contribution in [3.63, 3.8) is 0 Å². The molecule has 0 fully saturated rings. The first-order chi connectivity index (χ1) is 28.2. The van der Waals surface area contributed by atoms with Crippen molar-refractivity contribution in [3.05, 3.63) is 108 Å². The number of nitrogens with zero attached hydrogens (tertiary/aromatic N) is 9. The van der Waals surface area contributed by atoms with Gasteiger partial charge in [0.2, 0.25) is 0 Å². The predicted molar refractivity (Wildman–Crippen MR) is 217 cm³/mol. The summed E-state index contributed by atoms with van der Waals surface area (Å²) in [5, 5.41) is 13.9. The maximum absolute atomic E-state index is 14.9. The van der Waals surface area contributed by atoms with Crippen LogP contribution in [-0.4, -0.2) is 93.2 Å². The number of hydrogen-bond donors (Lipinski definition) is 4. The summed E-state index contributed by atoms with van der Waals surface area (Å²) in [6, 6.07) is 16.5. The lowest BCUT2D eigenvalue weighted by Crippen LogP contribution is -2.35. The molecule has 10 rings (SSSR count). The van der Waals surface area contributed by atoms with Crippen LogP contribution in [0, 0.1) is 5.82 Å². The average molecular weight is 778 g/mol. The second kappa shape index (κ2) is 15.2. The molecule has 15 nitrogen and oxygen atoms in total. The Bertz CT molecular complexity index is 2850. The van der Waals surface area contributed by atoms with E-state index in [0.717, 1.165) is 40.5 Å². The molecule has 2 aromatic carbocycles. The summed E-state index contributed by atoms with van der Waals surface area (Å²) < 4.78 is 18.3. The number of fused-ring (bicyclic) bond motifs is 4. The number of benzene rings is 2. The Kier molecular flexibility index (Phi) is 9.63. The van der Waals surface area contributed by atoms with E-state index in [1.165, 1.54) is 17.0 Å². The van der Waals surface area contributed by atoms with Crippen LogP contribution in [0.15, 0.2) is 79.4 Å². The number of aryl methyl sites for hydroxylation is 1. The molecule has 0 bridgehead atoms. The number of rotatable bonds is 8. The van der Waals surface area contributed by atoms with Gasteiger partial charge < -0.3 is 25.9 Å². The van der Waals surface area contributed by atoms with Gasteiger partial charge in [-0.05, 0) is 99.2 Å². The molecular formula is C42H40FN13O2. The van der Waals surface area contributed by atoms with Crippen LogP contribution in [-0.2, 0) is 26.1 Å². The summed E-state index contributed by atoms with van der Waals surface area (Å²) >= 11 is 0. The van der Waals surface area contributed by atoms with Crippen LogP contribution in [0.2, 0.25) is 0 Å².